The van der Waals surface area contributed by atoms with Gasteiger partial charge in [0.2, 0.25) is 0 Å². The molecule has 0 aromatic carbocycles. The van der Waals surface area contributed by atoms with Gasteiger partial charge in [0.25, 0.3) is 0 Å². The van der Waals surface area contributed by atoms with E-state index in [0.717, 1.165) is 4.88 Å². The zero-order valence-electron chi connectivity index (χ0n) is 10.7. The van der Waals surface area contributed by atoms with Crippen LogP contribution in [0.3, 0.4) is 0 Å². The van der Waals surface area contributed by atoms with Crippen molar-refractivity contribution in [2.24, 2.45) is 0 Å². The molecule has 0 unspecified atom stereocenters. The highest BCUT2D eigenvalue weighted by atomic mass is 32.1. The van der Waals surface area contributed by atoms with Crippen LogP contribution >= 0.6 is 11.3 Å². The standard InChI is InChI=1S/C12H18N2O4S/c1-2-14(8-9-4-3-7-19-9)12(18)13-10(5-6-15)11(16)17/h3-4,7,10,15H,2,5-6,8H2,1H3,(H,13,18)(H,16,17)/t10-/m1/s1. The molecule has 0 aliphatic carbocycles. The number of aliphatic hydroxyl groups excluding tert-OH is 1. The van der Waals surface area contributed by atoms with Crippen LogP contribution in [0, 0.1) is 0 Å². The summed E-state index contributed by atoms with van der Waals surface area (Å²) < 4.78 is 0. The third kappa shape index (κ3) is 4.88. The van der Waals surface area contributed by atoms with E-state index in [1.54, 1.807) is 11.3 Å². The molecule has 1 atom stereocenters. The topological polar surface area (TPSA) is 89.9 Å². The van der Waals surface area contributed by atoms with E-state index in [4.69, 9.17) is 10.2 Å². The smallest absolute Gasteiger partial charge is 0.326 e. The normalized spacial score (nSPS) is 11.9. The van der Waals surface area contributed by atoms with Crippen molar-refractivity contribution in [3.05, 3.63) is 22.4 Å². The number of aliphatic carboxylic acids is 1. The van der Waals surface area contributed by atoms with Gasteiger partial charge in [-0.15, -0.1) is 11.3 Å². The first-order valence-electron chi connectivity index (χ1n) is 6.00. The first-order chi connectivity index (χ1) is 9.08. The van der Waals surface area contributed by atoms with Crippen molar-refractivity contribution in [2.45, 2.75) is 25.9 Å². The van der Waals surface area contributed by atoms with Crippen LogP contribution in [0.5, 0.6) is 0 Å². The lowest BCUT2D eigenvalue weighted by atomic mass is 10.2. The Morgan fingerprint density at radius 1 is 1.53 bits per heavy atom. The number of nitrogens with one attached hydrogen (secondary N) is 1. The Morgan fingerprint density at radius 2 is 2.26 bits per heavy atom. The SMILES string of the molecule is CCN(Cc1cccs1)C(=O)N[C@H](CCO)C(=O)O. The molecule has 0 bridgehead atoms. The van der Waals surface area contributed by atoms with Crippen molar-refractivity contribution < 1.29 is 19.8 Å². The molecule has 19 heavy (non-hydrogen) atoms. The fourth-order valence-electron chi connectivity index (χ4n) is 1.54. The molecule has 0 fully saturated rings. The van der Waals surface area contributed by atoms with E-state index < -0.39 is 18.0 Å². The number of carbonyl (C=O) groups excluding carboxylic acids is 1. The van der Waals surface area contributed by atoms with Crippen molar-refractivity contribution in [1.29, 1.82) is 0 Å². The number of carboxylic acid groups (broad SMARTS) is 1. The van der Waals surface area contributed by atoms with E-state index in [-0.39, 0.29) is 13.0 Å². The Kier molecular flexibility index (Phi) is 6.31. The number of rotatable bonds is 7. The fraction of sp³-hybridized carbons (Fsp3) is 0.500. The molecule has 7 heteroatoms. The van der Waals surface area contributed by atoms with Gasteiger partial charge in [-0.1, -0.05) is 6.07 Å². The van der Waals surface area contributed by atoms with Gasteiger partial charge in [-0.3, -0.25) is 0 Å². The predicted molar refractivity (Wildman–Crippen MR) is 72.1 cm³/mol. The highest BCUT2D eigenvalue weighted by Gasteiger charge is 2.22. The van der Waals surface area contributed by atoms with Crippen molar-refractivity contribution in [3.63, 3.8) is 0 Å². The molecular weight excluding hydrogens is 268 g/mol. The number of carbonyl (C=O) groups is 2. The third-order valence-electron chi connectivity index (χ3n) is 2.61. The van der Waals surface area contributed by atoms with E-state index in [1.807, 2.05) is 24.4 Å². The van der Waals surface area contributed by atoms with Gasteiger partial charge in [0.05, 0.1) is 6.54 Å². The van der Waals surface area contributed by atoms with Crippen LogP contribution in [-0.4, -0.2) is 46.3 Å². The second-order valence-corrected chi connectivity index (χ2v) is 4.98. The molecule has 0 spiro atoms. The Hall–Kier alpha value is -1.60. The van der Waals surface area contributed by atoms with Gasteiger partial charge in [-0.2, -0.15) is 0 Å². The second kappa shape index (κ2) is 7.75. The van der Waals surface area contributed by atoms with Gasteiger partial charge in [0.1, 0.15) is 6.04 Å². The molecule has 1 aromatic heterocycles. The lowest BCUT2D eigenvalue weighted by Gasteiger charge is -2.23. The summed E-state index contributed by atoms with van der Waals surface area (Å²) in [5.41, 5.74) is 0. The Balaban J connectivity index is 2.59. The first-order valence-corrected chi connectivity index (χ1v) is 6.88. The molecule has 0 aliphatic heterocycles. The summed E-state index contributed by atoms with van der Waals surface area (Å²) >= 11 is 1.54. The minimum Gasteiger partial charge on any atom is -0.480 e. The van der Waals surface area contributed by atoms with Crippen LogP contribution in [0.15, 0.2) is 17.5 Å². The van der Waals surface area contributed by atoms with Crippen LogP contribution in [0.4, 0.5) is 4.79 Å². The molecule has 3 N–H and O–H groups in total. The number of carboxylic acids is 1. The summed E-state index contributed by atoms with van der Waals surface area (Å²) in [7, 11) is 0. The van der Waals surface area contributed by atoms with E-state index in [0.29, 0.717) is 13.1 Å². The number of nitrogens with zero attached hydrogens (tertiary/aromatic N) is 1. The zero-order chi connectivity index (χ0) is 14.3. The second-order valence-electron chi connectivity index (χ2n) is 3.95. The van der Waals surface area contributed by atoms with Crippen LogP contribution in [0.1, 0.15) is 18.2 Å². The minimum absolute atomic E-state index is 0.00235. The molecule has 106 valence electrons. The van der Waals surface area contributed by atoms with Crippen molar-refractivity contribution in [1.82, 2.24) is 10.2 Å². The lowest BCUT2D eigenvalue weighted by Crippen LogP contribution is -2.47. The molecule has 1 rings (SSSR count). The van der Waals surface area contributed by atoms with Crippen molar-refractivity contribution in [3.8, 4) is 0 Å². The number of aliphatic hydroxyl groups is 1. The molecular formula is C12H18N2O4S. The van der Waals surface area contributed by atoms with E-state index in [1.165, 1.54) is 4.90 Å². The number of urea groups is 1. The summed E-state index contributed by atoms with van der Waals surface area (Å²) in [5, 5.41) is 22.0. The maximum atomic E-state index is 12.0. The monoisotopic (exact) mass is 286 g/mol. The van der Waals surface area contributed by atoms with E-state index >= 15 is 0 Å². The quantitative estimate of drug-likeness (QED) is 0.700. The van der Waals surface area contributed by atoms with Crippen molar-refractivity contribution in [2.75, 3.05) is 13.2 Å². The minimum atomic E-state index is -1.14. The van der Waals surface area contributed by atoms with Gasteiger partial charge in [0.15, 0.2) is 0 Å². The fourth-order valence-corrected chi connectivity index (χ4v) is 2.26. The number of hydrogen-bond donors (Lipinski definition) is 3. The van der Waals surface area contributed by atoms with E-state index in [9.17, 15) is 9.59 Å². The molecule has 0 saturated carbocycles. The molecule has 0 aliphatic rings. The van der Waals surface area contributed by atoms with Gasteiger partial charge in [0, 0.05) is 24.4 Å². The van der Waals surface area contributed by atoms with Gasteiger partial charge >= 0.3 is 12.0 Å². The van der Waals surface area contributed by atoms with E-state index in [2.05, 4.69) is 5.32 Å². The first kappa shape index (κ1) is 15.5. The predicted octanol–water partition coefficient (Wildman–Crippen LogP) is 1.12. The lowest BCUT2D eigenvalue weighted by molar-refractivity contribution is -0.139. The summed E-state index contributed by atoms with van der Waals surface area (Å²) in [6, 6.07) is 2.33. The average molecular weight is 286 g/mol. The average Bonchev–Trinajstić information content (AvgIpc) is 2.87. The van der Waals surface area contributed by atoms with Gasteiger partial charge in [-0.05, 0) is 18.4 Å². The van der Waals surface area contributed by atoms with Crippen molar-refractivity contribution >= 4 is 23.3 Å². The van der Waals surface area contributed by atoms with Gasteiger partial charge < -0.3 is 20.4 Å². The maximum absolute atomic E-state index is 12.0. The summed E-state index contributed by atoms with van der Waals surface area (Å²) in [6.45, 7) is 2.48. The number of amides is 2. The molecule has 0 radical (unpaired) electrons. The molecule has 0 saturated heterocycles. The summed E-state index contributed by atoms with van der Waals surface area (Å²) in [5.74, 6) is -1.14. The molecule has 1 heterocycles. The van der Waals surface area contributed by atoms with Crippen LogP contribution < -0.4 is 5.32 Å². The third-order valence-corrected chi connectivity index (χ3v) is 3.47. The number of hydrogen-bond acceptors (Lipinski definition) is 4. The largest absolute Gasteiger partial charge is 0.480 e. The summed E-state index contributed by atoms with van der Waals surface area (Å²) in [4.78, 5) is 25.4. The Labute approximate surface area is 115 Å². The van der Waals surface area contributed by atoms with Crippen LogP contribution in [-0.2, 0) is 11.3 Å². The summed E-state index contributed by atoms with van der Waals surface area (Å²) in [6.07, 6.45) is -0.00235. The highest BCUT2D eigenvalue weighted by molar-refractivity contribution is 7.09. The molecule has 1 aromatic rings. The molecule has 6 nitrogen and oxygen atoms in total. The molecule has 2 amide bonds. The van der Waals surface area contributed by atoms with Crippen LogP contribution in [0.25, 0.3) is 0 Å². The maximum Gasteiger partial charge on any atom is 0.326 e. The number of thiophene rings is 1. The Bertz CT molecular complexity index is 408. The zero-order valence-corrected chi connectivity index (χ0v) is 11.5. The highest BCUT2D eigenvalue weighted by Crippen LogP contribution is 2.12. The Morgan fingerprint density at radius 3 is 2.74 bits per heavy atom. The van der Waals surface area contributed by atoms with Gasteiger partial charge in [-0.25, -0.2) is 9.59 Å². The van der Waals surface area contributed by atoms with Crippen LogP contribution in [0.2, 0.25) is 0 Å².